The van der Waals surface area contributed by atoms with Crippen LogP contribution in [-0.4, -0.2) is 49.2 Å². The Kier molecular flexibility index (Phi) is 7.14. The highest BCUT2D eigenvalue weighted by Gasteiger charge is 2.38. The zero-order valence-electron chi connectivity index (χ0n) is 14.6. The molecule has 1 rings (SSSR count). The van der Waals surface area contributed by atoms with Crippen LogP contribution in [0.2, 0.25) is 0 Å². The van der Waals surface area contributed by atoms with E-state index in [0.717, 1.165) is 26.2 Å². The molecule has 1 aliphatic heterocycles. The van der Waals surface area contributed by atoms with E-state index in [9.17, 15) is 4.79 Å². The topological polar surface area (TPSA) is 41.6 Å². The van der Waals surface area contributed by atoms with Crippen LogP contribution in [0.25, 0.3) is 0 Å². The molecule has 124 valence electrons. The quantitative estimate of drug-likeness (QED) is 0.700. The molecule has 1 heterocycles. The Balaban J connectivity index is 2.63. The van der Waals surface area contributed by atoms with Gasteiger partial charge in [-0.3, -0.25) is 4.79 Å². The molecule has 1 saturated heterocycles. The molecule has 1 fully saturated rings. The fourth-order valence-corrected chi connectivity index (χ4v) is 3.46. The Hall–Kier alpha value is -0.610. The first-order chi connectivity index (χ1) is 9.95. The summed E-state index contributed by atoms with van der Waals surface area (Å²) in [6, 6.07) is 0. The third-order valence-electron chi connectivity index (χ3n) is 5.25. The molecule has 0 aromatic heterocycles. The first-order valence-corrected chi connectivity index (χ1v) is 8.60. The van der Waals surface area contributed by atoms with Crippen molar-refractivity contribution in [3.05, 3.63) is 0 Å². The largest absolute Gasteiger partial charge is 0.465 e. The summed E-state index contributed by atoms with van der Waals surface area (Å²) in [5, 5.41) is 3.32. The van der Waals surface area contributed by atoms with Crippen molar-refractivity contribution >= 4 is 5.97 Å². The number of hydrogen-bond acceptors (Lipinski definition) is 4. The second-order valence-electron chi connectivity index (χ2n) is 6.57. The molecular weight excluding hydrogens is 264 g/mol. The van der Waals surface area contributed by atoms with Gasteiger partial charge in [0.25, 0.3) is 0 Å². The normalized spacial score (nSPS) is 21.8. The molecule has 0 aromatic carbocycles. The molecule has 0 radical (unpaired) electrons. The van der Waals surface area contributed by atoms with Gasteiger partial charge in [0.1, 0.15) is 5.54 Å². The monoisotopic (exact) mass is 298 g/mol. The Morgan fingerprint density at radius 1 is 1.19 bits per heavy atom. The zero-order valence-corrected chi connectivity index (χ0v) is 14.6. The lowest BCUT2D eigenvalue weighted by atomic mass is 9.74. The van der Waals surface area contributed by atoms with E-state index < -0.39 is 5.54 Å². The molecule has 0 bridgehead atoms. The van der Waals surface area contributed by atoms with Crippen molar-refractivity contribution in [2.24, 2.45) is 5.41 Å². The number of ether oxygens (including phenoxy) is 1. The Labute approximate surface area is 130 Å². The maximum absolute atomic E-state index is 12.3. The molecule has 1 aliphatic rings. The average molecular weight is 298 g/mol. The van der Waals surface area contributed by atoms with Crippen LogP contribution in [0.1, 0.15) is 60.3 Å². The molecule has 21 heavy (non-hydrogen) atoms. The van der Waals surface area contributed by atoms with Gasteiger partial charge in [0.05, 0.1) is 6.61 Å². The first-order valence-electron chi connectivity index (χ1n) is 8.60. The summed E-state index contributed by atoms with van der Waals surface area (Å²) in [7, 11) is 0. The van der Waals surface area contributed by atoms with Crippen molar-refractivity contribution in [3.63, 3.8) is 0 Å². The van der Waals surface area contributed by atoms with E-state index in [1.165, 1.54) is 25.7 Å². The summed E-state index contributed by atoms with van der Waals surface area (Å²) in [6.45, 7) is 14.6. The number of hydrogen-bond donors (Lipinski definition) is 1. The maximum atomic E-state index is 12.3. The van der Waals surface area contributed by atoms with Crippen LogP contribution < -0.4 is 5.32 Å². The third-order valence-corrected chi connectivity index (χ3v) is 5.25. The van der Waals surface area contributed by atoms with Crippen molar-refractivity contribution in [1.82, 2.24) is 10.2 Å². The van der Waals surface area contributed by atoms with E-state index in [-0.39, 0.29) is 5.97 Å². The van der Waals surface area contributed by atoms with Crippen LogP contribution in [0.4, 0.5) is 0 Å². The van der Waals surface area contributed by atoms with Crippen molar-refractivity contribution in [3.8, 4) is 0 Å². The number of likely N-dealkylation sites (tertiary alicyclic amines) is 1. The summed E-state index contributed by atoms with van der Waals surface area (Å²) < 4.78 is 5.26. The smallest absolute Gasteiger partial charge is 0.327 e. The molecular formula is C17H34N2O2. The lowest BCUT2D eigenvalue weighted by molar-refractivity contribution is -0.151. The lowest BCUT2D eigenvalue weighted by Gasteiger charge is -2.43. The highest BCUT2D eigenvalue weighted by Crippen LogP contribution is 2.38. The lowest BCUT2D eigenvalue weighted by Crippen LogP contribution is -2.59. The van der Waals surface area contributed by atoms with E-state index in [0.29, 0.717) is 12.0 Å². The maximum Gasteiger partial charge on any atom is 0.327 e. The van der Waals surface area contributed by atoms with E-state index in [4.69, 9.17) is 4.74 Å². The van der Waals surface area contributed by atoms with E-state index in [2.05, 4.69) is 24.1 Å². The predicted molar refractivity (Wildman–Crippen MR) is 87.4 cm³/mol. The van der Waals surface area contributed by atoms with Crippen LogP contribution in [0.5, 0.6) is 0 Å². The van der Waals surface area contributed by atoms with Gasteiger partial charge in [-0.2, -0.15) is 0 Å². The minimum absolute atomic E-state index is 0.130. The third kappa shape index (κ3) is 4.68. The Morgan fingerprint density at radius 2 is 1.76 bits per heavy atom. The highest BCUT2D eigenvalue weighted by molar-refractivity contribution is 5.80. The highest BCUT2D eigenvalue weighted by atomic mass is 16.5. The summed E-state index contributed by atoms with van der Waals surface area (Å²) in [6.07, 6.45) is 5.01. The van der Waals surface area contributed by atoms with Crippen LogP contribution >= 0.6 is 0 Å². The van der Waals surface area contributed by atoms with Gasteiger partial charge in [0.2, 0.25) is 0 Å². The molecule has 0 saturated carbocycles. The minimum Gasteiger partial charge on any atom is -0.465 e. The SMILES string of the molecule is CCNC(C)(CN1CCC(CC)(CC)CC1)C(=O)OCC. The fraction of sp³-hybridized carbons (Fsp3) is 0.941. The Morgan fingerprint density at radius 3 is 2.19 bits per heavy atom. The summed E-state index contributed by atoms with van der Waals surface area (Å²) in [5.41, 5.74) is -0.0712. The molecule has 1 N–H and O–H groups in total. The number of piperidine rings is 1. The van der Waals surface area contributed by atoms with Gasteiger partial charge in [0.15, 0.2) is 0 Å². The molecule has 4 nitrogen and oxygen atoms in total. The number of nitrogens with one attached hydrogen (secondary N) is 1. The molecule has 0 aliphatic carbocycles. The minimum atomic E-state index is -0.594. The number of carbonyl (C=O) groups is 1. The standard InChI is InChI=1S/C17H34N2O2/c1-6-17(7-2)10-12-19(13-11-17)14-16(5,18-8-3)15(20)21-9-4/h18H,6-14H2,1-5H3. The van der Waals surface area contributed by atoms with Crippen LogP contribution in [0, 0.1) is 5.41 Å². The summed E-state index contributed by atoms with van der Waals surface area (Å²) >= 11 is 0. The van der Waals surface area contributed by atoms with Gasteiger partial charge in [-0.05, 0) is 51.7 Å². The van der Waals surface area contributed by atoms with Gasteiger partial charge >= 0.3 is 5.97 Å². The predicted octanol–water partition coefficient (Wildman–Crippen LogP) is 2.82. The van der Waals surface area contributed by atoms with Crippen LogP contribution in [0.15, 0.2) is 0 Å². The van der Waals surface area contributed by atoms with Gasteiger partial charge in [0, 0.05) is 6.54 Å². The zero-order chi connectivity index (χ0) is 15.9. The molecule has 0 spiro atoms. The number of likely N-dealkylation sites (N-methyl/N-ethyl adjacent to an activating group) is 1. The van der Waals surface area contributed by atoms with Crippen molar-refractivity contribution < 1.29 is 9.53 Å². The fourth-order valence-electron chi connectivity index (χ4n) is 3.46. The van der Waals surface area contributed by atoms with Crippen LogP contribution in [0.3, 0.4) is 0 Å². The summed E-state index contributed by atoms with van der Waals surface area (Å²) in [4.78, 5) is 14.7. The van der Waals surface area contributed by atoms with Gasteiger partial charge in [-0.25, -0.2) is 0 Å². The van der Waals surface area contributed by atoms with E-state index in [1.54, 1.807) is 0 Å². The molecule has 1 unspecified atom stereocenters. The van der Waals surface area contributed by atoms with Gasteiger partial charge in [-0.15, -0.1) is 0 Å². The number of carbonyl (C=O) groups excluding carboxylic acids is 1. The molecule has 4 heteroatoms. The number of rotatable bonds is 8. The summed E-state index contributed by atoms with van der Waals surface area (Å²) in [5.74, 6) is -0.130. The first kappa shape index (κ1) is 18.4. The van der Waals surface area contributed by atoms with E-state index in [1.807, 2.05) is 20.8 Å². The average Bonchev–Trinajstić information content (AvgIpc) is 2.49. The number of esters is 1. The molecule has 0 amide bonds. The molecule has 0 aromatic rings. The molecule has 1 atom stereocenters. The van der Waals surface area contributed by atoms with Crippen LogP contribution in [-0.2, 0) is 9.53 Å². The van der Waals surface area contributed by atoms with Crippen molar-refractivity contribution in [2.75, 3.05) is 32.8 Å². The second-order valence-corrected chi connectivity index (χ2v) is 6.57. The second kappa shape index (κ2) is 8.14. The number of nitrogens with zero attached hydrogens (tertiary/aromatic N) is 1. The van der Waals surface area contributed by atoms with Crippen molar-refractivity contribution in [2.45, 2.75) is 65.8 Å². The van der Waals surface area contributed by atoms with Gasteiger partial charge in [-0.1, -0.05) is 33.6 Å². The van der Waals surface area contributed by atoms with E-state index >= 15 is 0 Å². The Bertz CT molecular complexity index is 319. The van der Waals surface area contributed by atoms with Crippen molar-refractivity contribution in [1.29, 1.82) is 0 Å². The van der Waals surface area contributed by atoms with Gasteiger partial charge < -0.3 is 15.0 Å².